The fraction of sp³-hybridized carbons (Fsp3) is 0.316. The van der Waals surface area contributed by atoms with E-state index in [1.807, 2.05) is 36.4 Å². The van der Waals surface area contributed by atoms with Crippen molar-refractivity contribution >= 4 is 12.3 Å². The molecule has 0 aliphatic heterocycles. The number of hydrogen-bond donors (Lipinski definition) is 1. The van der Waals surface area contributed by atoms with Crippen LogP contribution in [0, 0.1) is 5.41 Å². The molecular weight excluding hydrogens is 288 g/mol. The molecule has 2 rings (SSSR count). The normalized spacial score (nSPS) is 12.7. The third-order valence-electron chi connectivity index (χ3n) is 3.48. The fourth-order valence-electron chi connectivity index (χ4n) is 2.50. The highest BCUT2D eigenvalue weighted by Crippen LogP contribution is 2.17. The molecule has 0 spiro atoms. The van der Waals surface area contributed by atoms with Crippen LogP contribution in [-0.2, 0) is 6.54 Å². The van der Waals surface area contributed by atoms with Crippen LogP contribution in [0.5, 0.6) is 0 Å². The second kappa shape index (κ2) is 8.34. The third kappa shape index (κ3) is 6.12. The quantitative estimate of drug-likeness (QED) is 0.449. The SMILES string of the molecule is CC(C)(/C=N/O)CN(C/C=C\c1ccco1)Cc1ccccc1. The molecular formula is C19H24N2O2. The summed E-state index contributed by atoms with van der Waals surface area (Å²) in [6, 6.07) is 14.2. The standard InChI is InChI=1S/C19H24N2O2/c1-19(2,15-20-22)16-21(14-17-8-4-3-5-9-17)12-6-10-18-11-7-13-23-18/h3-11,13,15,22H,12,14,16H2,1-2H3/b10-6-,20-15+. The van der Waals surface area contributed by atoms with Gasteiger partial charge in [-0.05, 0) is 23.8 Å². The first-order valence-electron chi connectivity index (χ1n) is 7.74. The fourth-order valence-corrected chi connectivity index (χ4v) is 2.50. The summed E-state index contributed by atoms with van der Waals surface area (Å²) in [4.78, 5) is 2.32. The summed E-state index contributed by atoms with van der Waals surface area (Å²) in [6.45, 7) is 6.53. The van der Waals surface area contributed by atoms with Crippen molar-refractivity contribution in [1.29, 1.82) is 0 Å². The van der Waals surface area contributed by atoms with Gasteiger partial charge in [-0.1, -0.05) is 50.3 Å². The first-order valence-corrected chi connectivity index (χ1v) is 7.74. The van der Waals surface area contributed by atoms with Crippen LogP contribution >= 0.6 is 0 Å². The molecule has 0 unspecified atom stereocenters. The molecule has 0 aliphatic rings. The van der Waals surface area contributed by atoms with Crippen molar-refractivity contribution in [3.8, 4) is 0 Å². The number of furan rings is 1. The van der Waals surface area contributed by atoms with Crippen molar-refractivity contribution < 1.29 is 9.62 Å². The molecule has 0 amide bonds. The van der Waals surface area contributed by atoms with E-state index in [9.17, 15) is 0 Å². The lowest BCUT2D eigenvalue weighted by Gasteiger charge is -2.29. The smallest absolute Gasteiger partial charge is 0.126 e. The Hall–Kier alpha value is -2.33. The minimum absolute atomic E-state index is 0.206. The van der Waals surface area contributed by atoms with Crippen molar-refractivity contribution in [1.82, 2.24) is 4.90 Å². The number of hydrogen-bond acceptors (Lipinski definition) is 4. The van der Waals surface area contributed by atoms with E-state index in [0.29, 0.717) is 0 Å². The maximum absolute atomic E-state index is 8.83. The van der Waals surface area contributed by atoms with Crippen molar-refractivity contribution in [3.05, 3.63) is 66.1 Å². The van der Waals surface area contributed by atoms with Gasteiger partial charge in [-0.25, -0.2) is 0 Å². The van der Waals surface area contributed by atoms with Crippen LogP contribution in [0.3, 0.4) is 0 Å². The van der Waals surface area contributed by atoms with E-state index in [1.54, 1.807) is 12.5 Å². The number of oxime groups is 1. The Bertz CT molecular complexity index is 616. The summed E-state index contributed by atoms with van der Waals surface area (Å²) in [7, 11) is 0. The van der Waals surface area contributed by atoms with E-state index >= 15 is 0 Å². The minimum Gasteiger partial charge on any atom is -0.465 e. The average molecular weight is 312 g/mol. The van der Waals surface area contributed by atoms with Crippen LogP contribution in [-0.4, -0.2) is 29.4 Å². The lowest BCUT2D eigenvalue weighted by Crippen LogP contribution is -2.35. The molecule has 23 heavy (non-hydrogen) atoms. The lowest BCUT2D eigenvalue weighted by molar-refractivity contribution is 0.230. The van der Waals surface area contributed by atoms with E-state index < -0.39 is 0 Å². The van der Waals surface area contributed by atoms with Gasteiger partial charge in [0.25, 0.3) is 0 Å². The summed E-state index contributed by atoms with van der Waals surface area (Å²) < 4.78 is 5.31. The highest BCUT2D eigenvalue weighted by Gasteiger charge is 2.19. The van der Waals surface area contributed by atoms with Crippen molar-refractivity contribution in [2.45, 2.75) is 20.4 Å². The van der Waals surface area contributed by atoms with Gasteiger partial charge in [0, 0.05) is 25.0 Å². The van der Waals surface area contributed by atoms with Crippen molar-refractivity contribution in [2.24, 2.45) is 10.6 Å². The van der Waals surface area contributed by atoms with E-state index in [2.05, 4.69) is 42.1 Å². The van der Waals surface area contributed by atoms with Crippen LogP contribution in [0.1, 0.15) is 25.2 Å². The van der Waals surface area contributed by atoms with Gasteiger partial charge in [0.2, 0.25) is 0 Å². The van der Waals surface area contributed by atoms with Crippen LogP contribution in [0.4, 0.5) is 0 Å². The molecule has 1 aromatic heterocycles. The molecule has 0 fully saturated rings. The Morgan fingerprint density at radius 2 is 1.96 bits per heavy atom. The van der Waals surface area contributed by atoms with Gasteiger partial charge in [-0.3, -0.25) is 4.90 Å². The van der Waals surface area contributed by atoms with Crippen molar-refractivity contribution in [3.63, 3.8) is 0 Å². The van der Waals surface area contributed by atoms with Gasteiger partial charge >= 0.3 is 0 Å². The lowest BCUT2D eigenvalue weighted by atomic mass is 9.94. The Labute approximate surface area is 137 Å². The Kier molecular flexibility index (Phi) is 6.18. The number of rotatable bonds is 8. The Balaban J connectivity index is 2.04. The molecule has 0 saturated carbocycles. The summed E-state index contributed by atoms with van der Waals surface area (Å²) >= 11 is 0. The molecule has 1 heterocycles. The summed E-state index contributed by atoms with van der Waals surface area (Å²) in [6.07, 6.45) is 7.32. The Morgan fingerprint density at radius 3 is 2.61 bits per heavy atom. The maximum atomic E-state index is 8.83. The zero-order valence-corrected chi connectivity index (χ0v) is 13.7. The van der Waals surface area contributed by atoms with Gasteiger partial charge in [0.05, 0.1) is 12.5 Å². The zero-order chi connectivity index (χ0) is 16.5. The average Bonchev–Trinajstić information content (AvgIpc) is 3.01. The van der Waals surface area contributed by atoms with Crippen LogP contribution in [0.2, 0.25) is 0 Å². The first-order chi connectivity index (χ1) is 11.1. The topological polar surface area (TPSA) is 49.0 Å². The van der Waals surface area contributed by atoms with Crippen LogP contribution in [0.25, 0.3) is 6.08 Å². The second-order valence-corrected chi connectivity index (χ2v) is 6.31. The minimum atomic E-state index is -0.206. The largest absolute Gasteiger partial charge is 0.465 e. The first kappa shape index (κ1) is 17.0. The number of benzene rings is 1. The molecule has 4 heteroatoms. The van der Waals surface area contributed by atoms with E-state index in [4.69, 9.17) is 9.62 Å². The second-order valence-electron chi connectivity index (χ2n) is 6.31. The predicted molar refractivity (Wildman–Crippen MR) is 93.5 cm³/mol. The molecule has 0 bridgehead atoms. The van der Waals surface area contributed by atoms with Gasteiger partial charge < -0.3 is 9.62 Å². The van der Waals surface area contributed by atoms with Gasteiger partial charge in [0.15, 0.2) is 0 Å². The molecule has 0 aliphatic carbocycles. The van der Waals surface area contributed by atoms with E-state index in [-0.39, 0.29) is 5.41 Å². The zero-order valence-electron chi connectivity index (χ0n) is 13.7. The monoisotopic (exact) mass is 312 g/mol. The molecule has 1 aromatic carbocycles. The van der Waals surface area contributed by atoms with Gasteiger partial charge in [-0.15, -0.1) is 5.16 Å². The van der Waals surface area contributed by atoms with Crippen LogP contribution < -0.4 is 0 Å². The molecule has 2 aromatic rings. The summed E-state index contributed by atoms with van der Waals surface area (Å²) in [5.74, 6) is 0.848. The molecule has 4 nitrogen and oxygen atoms in total. The third-order valence-corrected chi connectivity index (χ3v) is 3.48. The molecule has 0 saturated heterocycles. The molecule has 0 atom stereocenters. The number of nitrogens with zero attached hydrogens (tertiary/aromatic N) is 2. The Morgan fingerprint density at radius 1 is 1.17 bits per heavy atom. The van der Waals surface area contributed by atoms with E-state index in [0.717, 1.165) is 25.4 Å². The molecule has 1 N–H and O–H groups in total. The highest BCUT2D eigenvalue weighted by atomic mass is 16.4. The molecule has 122 valence electrons. The predicted octanol–water partition coefficient (Wildman–Crippen LogP) is 4.28. The van der Waals surface area contributed by atoms with E-state index in [1.165, 1.54) is 5.56 Å². The summed E-state index contributed by atoms with van der Waals surface area (Å²) in [5, 5.41) is 12.0. The molecule has 0 radical (unpaired) electrons. The van der Waals surface area contributed by atoms with Crippen LogP contribution in [0.15, 0.2) is 64.4 Å². The van der Waals surface area contributed by atoms with Crippen molar-refractivity contribution in [2.75, 3.05) is 13.1 Å². The summed E-state index contributed by atoms with van der Waals surface area (Å²) in [5.41, 5.74) is 1.05. The highest BCUT2D eigenvalue weighted by molar-refractivity contribution is 5.64. The van der Waals surface area contributed by atoms with Gasteiger partial charge in [0.1, 0.15) is 5.76 Å². The maximum Gasteiger partial charge on any atom is 0.126 e. The van der Waals surface area contributed by atoms with Gasteiger partial charge in [-0.2, -0.15) is 0 Å².